The molecule has 1 amide bonds. The Morgan fingerprint density at radius 3 is 2.27 bits per heavy atom. The van der Waals surface area contributed by atoms with Crippen molar-refractivity contribution in [1.82, 2.24) is 5.32 Å². The number of rotatable bonds is 7. The minimum Gasteiger partial charge on any atom is -0.350 e. The molecule has 0 saturated heterocycles. The topological polar surface area (TPSA) is 66.5 Å². The number of aryl methyl sites for hydroxylation is 1. The van der Waals surface area contributed by atoms with Crippen LogP contribution < -0.4 is 9.62 Å². The van der Waals surface area contributed by atoms with Gasteiger partial charge in [0.1, 0.15) is 12.4 Å². The van der Waals surface area contributed by atoms with Gasteiger partial charge in [-0.3, -0.25) is 9.10 Å². The predicted octanol–water partition coefficient (Wildman–Crippen LogP) is 4.30. The molecule has 0 unspecified atom stereocenters. The first-order valence-electron chi connectivity index (χ1n) is 9.12. The third-order valence-electron chi connectivity index (χ3n) is 4.44. The van der Waals surface area contributed by atoms with Gasteiger partial charge in [0.15, 0.2) is 0 Å². The molecule has 1 N–H and O–H groups in total. The Balaban J connectivity index is 1.86. The average molecular weight is 447 g/mol. The number of sulfonamides is 1. The van der Waals surface area contributed by atoms with Gasteiger partial charge in [-0.1, -0.05) is 47.5 Å². The summed E-state index contributed by atoms with van der Waals surface area (Å²) in [4.78, 5) is 12.5. The molecular weight excluding hydrogens is 427 g/mol. The number of nitrogens with one attached hydrogen (secondary N) is 1. The molecule has 0 spiro atoms. The van der Waals surface area contributed by atoms with Crippen LogP contribution in [0, 0.1) is 12.7 Å². The van der Waals surface area contributed by atoms with Crippen molar-refractivity contribution in [2.45, 2.75) is 18.4 Å². The first-order chi connectivity index (χ1) is 14.3. The molecular formula is C22H20ClFN2O3S. The van der Waals surface area contributed by atoms with E-state index in [1.807, 2.05) is 6.92 Å². The maximum atomic E-state index is 13.3. The normalized spacial score (nSPS) is 11.2. The van der Waals surface area contributed by atoms with Gasteiger partial charge in [0.2, 0.25) is 5.91 Å². The number of hydrogen-bond acceptors (Lipinski definition) is 3. The van der Waals surface area contributed by atoms with Gasteiger partial charge in [0.05, 0.1) is 10.6 Å². The Morgan fingerprint density at radius 1 is 1.00 bits per heavy atom. The van der Waals surface area contributed by atoms with E-state index in [-0.39, 0.29) is 11.4 Å². The van der Waals surface area contributed by atoms with Gasteiger partial charge in [-0.25, -0.2) is 12.8 Å². The van der Waals surface area contributed by atoms with Crippen molar-refractivity contribution in [3.63, 3.8) is 0 Å². The molecule has 0 aliphatic rings. The van der Waals surface area contributed by atoms with Crippen LogP contribution in [0.25, 0.3) is 0 Å². The minimum absolute atomic E-state index is 0.108. The van der Waals surface area contributed by atoms with E-state index in [4.69, 9.17) is 11.6 Å². The molecule has 156 valence electrons. The number of anilines is 1. The molecule has 0 heterocycles. The fraction of sp³-hybridized carbons (Fsp3) is 0.136. The Morgan fingerprint density at radius 2 is 1.63 bits per heavy atom. The zero-order valence-corrected chi connectivity index (χ0v) is 17.8. The highest BCUT2D eigenvalue weighted by molar-refractivity contribution is 7.92. The van der Waals surface area contributed by atoms with Crippen molar-refractivity contribution in [1.29, 1.82) is 0 Å². The van der Waals surface area contributed by atoms with Gasteiger partial charge in [-0.15, -0.1) is 0 Å². The van der Waals surface area contributed by atoms with Crippen LogP contribution in [0.5, 0.6) is 0 Å². The summed E-state index contributed by atoms with van der Waals surface area (Å²) >= 11 is 6.10. The molecule has 0 aliphatic heterocycles. The van der Waals surface area contributed by atoms with Crippen molar-refractivity contribution in [3.8, 4) is 0 Å². The molecule has 3 rings (SSSR count). The summed E-state index contributed by atoms with van der Waals surface area (Å²) in [6.45, 7) is 1.60. The van der Waals surface area contributed by atoms with Gasteiger partial charge >= 0.3 is 0 Å². The number of benzene rings is 3. The summed E-state index contributed by atoms with van der Waals surface area (Å²) < 4.78 is 40.7. The van der Waals surface area contributed by atoms with E-state index in [2.05, 4.69) is 5.32 Å². The molecule has 0 saturated carbocycles. The molecule has 0 aromatic heterocycles. The second-order valence-electron chi connectivity index (χ2n) is 6.67. The van der Waals surface area contributed by atoms with Crippen molar-refractivity contribution < 1.29 is 17.6 Å². The summed E-state index contributed by atoms with van der Waals surface area (Å²) in [5.74, 6) is -1.05. The summed E-state index contributed by atoms with van der Waals surface area (Å²) in [5, 5.41) is 3.20. The number of carbonyl (C=O) groups excluding carboxylic acids is 1. The highest BCUT2D eigenvalue weighted by atomic mass is 35.5. The lowest BCUT2D eigenvalue weighted by atomic mass is 10.2. The lowest BCUT2D eigenvalue weighted by Crippen LogP contribution is -2.40. The van der Waals surface area contributed by atoms with E-state index >= 15 is 0 Å². The van der Waals surface area contributed by atoms with Crippen molar-refractivity contribution in [2.75, 3.05) is 10.8 Å². The van der Waals surface area contributed by atoms with Crippen molar-refractivity contribution in [2.24, 2.45) is 0 Å². The van der Waals surface area contributed by atoms with Crippen LogP contribution in [0.15, 0.2) is 77.7 Å². The molecule has 0 fully saturated rings. The number of nitrogens with zero attached hydrogens (tertiary/aromatic N) is 1. The lowest BCUT2D eigenvalue weighted by Gasteiger charge is -2.24. The third kappa shape index (κ3) is 5.17. The largest absolute Gasteiger partial charge is 0.350 e. The van der Waals surface area contributed by atoms with E-state index in [1.54, 1.807) is 48.5 Å². The molecule has 0 aliphatic carbocycles. The highest BCUT2D eigenvalue weighted by Gasteiger charge is 2.27. The number of amides is 1. The van der Waals surface area contributed by atoms with E-state index in [0.717, 1.165) is 27.6 Å². The SMILES string of the molecule is Cc1ccc(N(CC(=O)NCc2ccccc2Cl)S(=O)(=O)c2ccc(F)cc2)cc1. The second kappa shape index (κ2) is 9.28. The van der Waals surface area contributed by atoms with Crippen LogP contribution in [-0.2, 0) is 21.4 Å². The zero-order valence-electron chi connectivity index (χ0n) is 16.2. The Bertz CT molecular complexity index is 1130. The van der Waals surface area contributed by atoms with E-state index in [9.17, 15) is 17.6 Å². The molecule has 3 aromatic rings. The monoisotopic (exact) mass is 446 g/mol. The average Bonchev–Trinajstić information content (AvgIpc) is 2.72. The molecule has 0 radical (unpaired) electrons. The van der Waals surface area contributed by atoms with E-state index < -0.39 is 28.3 Å². The standard InChI is InChI=1S/C22H20ClFN2O3S/c1-16-6-10-19(11-7-16)26(30(28,29)20-12-8-18(24)9-13-20)15-22(27)25-14-17-4-2-3-5-21(17)23/h2-13H,14-15H2,1H3,(H,25,27). The van der Waals surface area contributed by atoms with E-state index in [0.29, 0.717) is 10.7 Å². The third-order valence-corrected chi connectivity index (χ3v) is 6.60. The molecule has 0 atom stereocenters. The molecule has 0 bridgehead atoms. The Hall–Kier alpha value is -2.90. The van der Waals surface area contributed by atoms with Gasteiger partial charge < -0.3 is 5.32 Å². The van der Waals surface area contributed by atoms with Gasteiger partial charge in [0.25, 0.3) is 10.0 Å². The minimum atomic E-state index is -4.09. The summed E-state index contributed by atoms with van der Waals surface area (Å²) in [6, 6.07) is 18.3. The van der Waals surface area contributed by atoms with Crippen LogP contribution in [0.2, 0.25) is 5.02 Å². The van der Waals surface area contributed by atoms with Crippen molar-refractivity contribution >= 4 is 33.2 Å². The van der Waals surface area contributed by atoms with Crippen LogP contribution >= 0.6 is 11.6 Å². The summed E-state index contributed by atoms with van der Waals surface area (Å²) in [7, 11) is -4.09. The molecule has 5 nitrogen and oxygen atoms in total. The lowest BCUT2D eigenvalue weighted by molar-refractivity contribution is -0.119. The van der Waals surface area contributed by atoms with Crippen LogP contribution in [0.3, 0.4) is 0 Å². The Kier molecular flexibility index (Phi) is 6.74. The van der Waals surface area contributed by atoms with Gasteiger partial charge in [-0.2, -0.15) is 0 Å². The quantitative estimate of drug-likeness (QED) is 0.588. The molecule has 30 heavy (non-hydrogen) atoms. The first-order valence-corrected chi connectivity index (χ1v) is 10.9. The van der Waals surface area contributed by atoms with Crippen LogP contribution in [-0.4, -0.2) is 20.9 Å². The second-order valence-corrected chi connectivity index (χ2v) is 8.94. The van der Waals surface area contributed by atoms with Gasteiger partial charge in [-0.05, 0) is 55.0 Å². The maximum Gasteiger partial charge on any atom is 0.264 e. The zero-order chi connectivity index (χ0) is 21.7. The molecule has 3 aromatic carbocycles. The van der Waals surface area contributed by atoms with Crippen LogP contribution in [0.4, 0.5) is 10.1 Å². The predicted molar refractivity (Wildman–Crippen MR) is 115 cm³/mol. The highest BCUT2D eigenvalue weighted by Crippen LogP contribution is 2.24. The number of carbonyl (C=O) groups is 1. The fourth-order valence-corrected chi connectivity index (χ4v) is 4.41. The fourth-order valence-electron chi connectivity index (χ4n) is 2.78. The van der Waals surface area contributed by atoms with Gasteiger partial charge in [0, 0.05) is 11.6 Å². The smallest absolute Gasteiger partial charge is 0.264 e. The summed E-state index contributed by atoms with van der Waals surface area (Å²) in [5.41, 5.74) is 2.00. The maximum absolute atomic E-state index is 13.3. The molecule has 8 heteroatoms. The first kappa shape index (κ1) is 21.8. The Labute approximate surface area is 180 Å². The van der Waals surface area contributed by atoms with E-state index in [1.165, 1.54) is 12.1 Å². The van der Waals surface area contributed by atoms with Crippen molar-refractivity contribution in [3.05, 3.63) is 94.8 Å². The summed E-state index contributed by atoms with van der Waals surface area (Å²) in [6.07, 6.45) is 0. The van der Waals surface area contributed by atoms with Crippen LogP contribution in [0.1, 0.15) is 11.1 Å². The number of halogens is 2. The number of hydrogen-bond donors (Lipinski definition) is 1.